The molecule has 16 heavy (non-hydrogen) atoms. The highest BCUT2D eigenvalue weighted by atomic mass is 16.7. The van der Waals surface area contributed by atoms with E-state index in [1.54, 1.807) is 7.11 Å². The largest absolute Gasteiger partial charge is 0.356 e. The minimum atomic E-state index is 0.00581. The summed E-state index contributed by atoms with van der Waals surface area (Å²) < 4.78 is 11.3. The zero-order valence-corrected chi connectivity index (χ0v) is 10.3. The maximum atomic E-state index is 5.93. The Morgan fingerprint density at radius 3 is 2.81 bits per heavy atom. The van der Waals surface area contributed by atoms with Crippen LogP contribution in [0, 0.1) is 11.8 Å². The van der Waals surface area contributed by atoms with Gasteiger partial charge in [0.05, 0.1) is 12.1 Å². The molecule has 0 aromatic carbocycles. The van der Waals surface area contributed by atoms with Gasteiger partial charge in [-0.2, -0.15) is 0 Å². The van der Waals surface area contributed by atoms with Gasteiger partial charge in [0.15, 0.2) is 6.29 Å². The molecule has 1 saturated carbocycles. The fourth-order valence-corrected chi connectivity index (χ4v) is 2.68. The molecule has 0 aromatic rings. The average Bonchev–Trinajstić information content (AvgIpc) is 2.93. The molecule has 1 heterocycles. The smallest absolute Gasteiger partial charge is 0.160 e. The second-order valence-electron chi connectivity index (χ2n) is 4.92. The van der Waals surface area contributed by atoms with Crippen LogP contribution in [0.1, 0.15) is 12.8 Å². The van der Waals surface area contributed by atoms with E-state index < -0.39 is 0 Å². The van der Waals surface area contributed by atoms with Gasteiger partial charge in [0.2, 0.25) is 0 Å². The maximum absolute atomic E-state index is 5.93. The minimum absolute atomic E-state index is 0.00581. The third kappa shape index (κ3) is 2.30. The molecule has 5 atom stereocenters. The number of ether oxygens (including phenoxy) is 2. The second kappa shape index (κ2) is 4.84. The van der Waals surface area contributed by atoms with Gasteiger partial charge in [-0.05, 0) is 18.8 Å². The number of nitrogens with zero attached hydrogens (tertiary/aromatic N) is 1. The summed E-state index contributed by atoms with van der Waals surface area (Å²) in [7, 11) is 5.73. The van der Waals surface area contributed by atoms with Crippen LogP contribution >= 0.6 is 0 Å². The number of methoxy groups -OCH3 is 1. The molecule has 0 radical (unpaired) electrons. The van der Waals surface area contributed by atoms with Crippen molar-refractivity contribution in [1.29, 1.82) is 0 Å². The lowest BCUT2D eigenvalue weighted by atomic mass is 10.0. The van der Waals surface area contributed by atoms with Gasteiger partial charge in [-0.3, -0.25) is 5.01 Å². The predicted octanol–water partition coefficient (Wildman–Crippen LogP) is 1.00. The van der Waals surface area contributed by atoms with E-state index >= 15 is 0 Å². The molecule has 92 valence electrons. The molecule has 0 unspecified atom stereocenters. The summed E-state index contributed by atoms with van der Waals surface area (Å²) in [6, 6.07) is 0.308. The summed E-state index contributed by atoms with van der Waals surface area (Å²) in [6.07, 6.45) is 4.37. The average molecular weight is 226 g/mol. The van der Waals surface area contributed by atoms with Crippen molar-refractivity contribution in [3.63, 3.8) is 0 Å². The first-order chi connectivity index (χ1) is 7.67. The van der Waals surface area contributed by atoms with Crippen LogP contribution in [0.3, 0.4) is 0 Å². The standard InChI is InChI=1S/C12H22N2O2/c1-5-6-10(13-14(2)3)11-8-7-9(8)12(15-4)16-11/h5,8-13H,1,6-7H2,2-4H3/t8-,9+,10+,11+,12+/m1/s1. The molecule has 2 rings (SSSR count). The van der Waals surface area contributed by atoms with Gasteiger partial charge in [0, 0.05) is 27.1 Å². The highest BCUT2D eigenvalue weighted by molar-refractivity contribution is 5.04. The normalized spacial score (nSPS) is 38.5. The number of rotatable bonds is 6. The number of nitrogens with one attached hydrogen (secondary N) is 1. The molecule has 2 aliphatic rings. The molecule has 1 saturated heterocycles. The van der Waals surface area contributed by atoms with Gasteiger partial charge in [-0.25, -0.2) is 5.43 Å². The van der Waals surface area contributed by atoms with Gasteiger partial charge >= 0.3 is 0 Å². The van der Waals surface area contributed by atoms with E-state index in [9.17, 15) is 0 Å². The summed E-state index contributed by atoms with van der Waals surface area (Å²) in [4.78, 5) is 0. The SMILES string of the molecule is C=CC[C@H](NN(C)C)[C@H]1O[C@H](OC)[C@H]2C[C@H]21. The summed E-state index contributed by atoms with van der Waals surface area (Å²) in [5, 5.41) is 1.98. The van der Waals surface area contributed by atoms with Crippen molar-refractivity contribution in [3.05, 3.63) is 12.7 Å². The van der Waals surface area contributed by atoms with Crippen LogP contribution in [-0.2, 0) is 9.47 Å². The Kier molecular flexibility index (Phi) is 3.64. The van der Waals surface area contributed by atoms with Crippen LogP contribution < -0.4 is 5.43 Å². The van der Waals surface area contributed by atoms with Crippen molar-refractivity contribution in [2.45, 2.75) is 31.3 Å². The van der Waals surface area contributed by atoms with Gasteiger partial charge in [0.25, 0.3) is 0 Å². The predicted molar refractivity (Wildman–Crippen MR) is 62.7 cm³/mol. The van der Waals surface area contributed by atoms with Gasteiger partial charge in [-0.15, -0.1) is 6.58 Å². The Hall–Kier alpha value is -0.420. The van der Waals surface area contributed by atoms with Crippen LogP contribution in [0.25, 0.3) is 0 Å². The molecule has 0 bridgehead atoms. The molecule has 0 spiro atoms. The number of hydrazine groups is 1. The number of fused-ring (bicyclic) bond motifs is 1. The molecule has 4 heteroatoms. The van der Waals surface area contributed by atoms with E-state index in [4.69, 9.17) is 9.47 Å². The third-order valence-electron chi connectivity index (χ3n) is 3.43. The van der Waals surface area contributed by atoms with Gasteiger partial charge in [0.1, 0.15) is 0 Å². The van der Waals surface area contributed by atoms with Crippen LogP contribution in [-0.4, -0.2) is 44.6 Å². The lowest BCUT2D eigenvalue weighted by Gasteiger charge is -2.29. The Labute approximate surface area is 97.6 Å². The van der Waals surface area contributed by atoms with Gasteiger partial charge in [-0.1, -0.05) is 6.08 Å². The quantitative estimate of drug-likeness (QED) is 0.541. The van der Waals surface area contributed by atoms with E-state index in [1.807, 2.05) is 25.2 Å². The first kappa shape index (κ1) is 12.0. The highest BCUT2D eigenvalue weighted by Gasteiger charge is 2.57. The van der Waals surface area contributed by atoms with Crippen LogP contribution in [0.4, 0.5) is 0 Å². The Bertz CT molecular complexity index is 257. The zero-order chi connectivity index (χ0) is 11.7. The zero-order valence-electron chi connectivity index (χ0n) is 10.3. The molecule has 0 amide bonds. The number of hydrogen-bond acceptors (Lipinski definition) is 4. The van der Waals surface area contributed by atoms with E-state index in [0.717, 1.165) is 6.42 Å². The summed E-state index contributed by atoms with van der Waals surface area (Å²) >= 11 is 0. The summed E-state index contributed by atoms with van der Waals surface area (Å²) in [6.45, 7) is 3.81. The van der Waals surface area contributed by atoms with E-state index in [-0.39, 0.29) is 12.4 Å². The van der Waals surface area contributed by atoms with E-state index in [2.05, 4.69) is 12.0 Å². The molecule has 0 aromatic heterocycles. The number of hydrogen-bond donors (Lipinski definition) is 1. The van der Waals surface area contributed by atoms with Crippen molar-refractivity contribution in [3.8, 4) is 0 Å². The fraction of sp³-hybridized carbons (Fsp3) is 0.833. The van der Waals surface area contributed by atoms with Gasteiger partial charge < -0.3 is 9.47 Å². The molecular weight excluding hydrogens is 204 g/mol. The lowest BCUT2D eigenvalue weighted by molar-refractivity contribution is -0.145. The monoisotopic (exact) mass is 226 g/mol. The van der Waals surface area contributed by atoms with Crippen LogP contribution in [0.5, 0.6) is 0 Å². The Balaban J connectivity index is 1.95. The minimum Gasteiger partial charge on any atom is -0.356 e. The summed E-state index contributed by atoms with van der Waals surface area (Å²) in [5.41, 5.74) is 3.41. The topological polar surface area (TPSA) is 33.7 Å². The maximum Gasteiger partial charge on any atom is 0.160 e. The summed E-state index contributed by atoms with van der Waals surface area (Å²) in [5.74, 6) is 1.29. The van der Waals surface area contributed by atoms with Crippen molar-refractivity contribution in [2.75, 3.05) is 21.2 Å². The van der Waals surface area contributed by atoms with E-state index in [0.29, 0.717) is 17.9 Å². The first-order valence-corrected chi connectivity index (χ1v) is 5.90. The lowest BCUT2D eigenvalue weighted by Crippen LogP contribution is -2.47. The first-order valence-electron chi connectivity index (χ1n) is 5.90. The molecule has 1 aliphatic carbocycles. The van der Waals surface area contributed by atoms with Crippen molar-refractivity contribution in [1.82, 2.24) is 10.4 Å². The molecule has 4 nitrogen and oxygen atoms in total. The Morgan fingerprint density at radius 1 is 1.56 bits per heavy atom. The molecule has 1 aliphatic heterocycles. The second-order valence-corrected chi connectivity index (χ2v) is 4.92. The Morgan fingerprint density at radius 2 is 2.31 bits per heavy atom. The van der Waals surface area contributed by atoms with E-state index in [1.165, 1.54) is 6.42 Å². The molecular formula is C12H22N2O2. The third-order valence-corrected chi connectivity index (χ3v) is 3.43. The fourth-order valence-electron chi connectivity index (χ4n) is 2.68. The molecule has 2 fully saturated rings. The molecule has 1 N–H and O–H groups in total. The van der Waals surface area contributed by atoms with Crippen molar-refractivity contribution < 1.29 is 9.47 Å². The highest BCUT2D eigenvalue weighted by Crippen LogP contribution is 2.53. The van der Waals surface area contributed by atoms with Crippen LogP contribution in [0.2, 0.25) is 0 Å². The van der Waals surface area contributed by atoms with Crippen molar-refractivity contribution >= 4 is 0 Å². The van der Waals surface area contributed by atoms with Crippen molar-refractivity contribution in [2.24, 2.45) is 11.8 Å². The van der Waals surface area contributed by atoms with Crippen LogP contribution in [0.15, 0.2) is 12.7 Å².